The van der Waals surface area contributed by atoms with Gasteiger partial charge in [-0.2, -0.15) is 18.4 Å². The molecule has 0 saturated carbocycles. The van der Waals surface area contributed by atoms with E-state index < -0.39 is 41.0 Å². The van der Waals surface area contributed by atoms with E-state index in [-0.39, 0.29) is 21.7 Å². The first-order valence-electron chi connectivity index (χ1n) is 9.98. The van der Waals surface area contributed by atoms with Crippen LogP contribution < -0.4 is 5.56 Å². The summed E-state index contributed by atoms with van der Waals surface area (Å²) in [6.45, 7) is -0.519. The summed E-state index contributed by atoms with van der Waals surface area (Å²) in [4.78, 5) is 12.9. The first kappa shape index (κ1) is 23.9. The van der Waals surface area contributed by atoms with Crippen LogP contribution >= 0.6 is 11.3 Å². The number of fused-ring (bicyclic) bond motifs is 1. The van der Waals surface area contributed by atoms with Gasteiger partial charge in [-0.05, 0) is 34.7 Å². The third-order valence-corrected chi connectivity index (χ3v) is 6.27. The average Bonchev–Trinajstić information content (AvgIpc) is 3.27. The fourth-order valence-electron chi connectivity index (χ4n) is 3.43. The van der Waals surface area contributed by atoms with Gasteiger partial charge < -0.3 is 4.57 Å². The second-order valence-corrected chi connectivity index (χ2v) is 8.36. The second kappa shape index (κ2) is 9.21. The maximum atomic E-state index is 14.1. The molecule has 2 aromatic heterocycles. The highest BCUT2D eigenvalue weighted by molar-refractivity contribution is 7.13. The third kappa shape index (κ3) is 4.59. The molecule has 0 radical (unpaired) electrons. The van der Waals surface area contributed by atoms with Crippen molar-refractivity contribution < 1.29 is 22.0 Å². The molecule has 2 aliphatic rings. The lowest BCUT2D eigenvalue weighted by Crippen LogP contribution is -2.29. The number of nitriles is 1. The summed E-state index contributed by atoms with van der Waals surface area (Å²) in [5.74, 6) is 0.483. The predicted molar refractivity (Wildman–Crippen MR) is 123 cm³/mol. The molecule has 0 amide bonds. The Kier molecular flexibility index (Phi) is 6.29. The molecule has 9 heteroatoms. The first-order valence-corrected chi connectivity index (χ1v) is 10.9. The molecule has 2 aliphatic carbocycles. The molecule has 3 nitrogen and oxygen atoms in total. The number of aromatic nitrogens is 1. The van der Waals surface area contributed by atoms with Crippen molar-refractivity contribution in [3.63, 3.8) is 0 Å². The number of alkyl halides is 3. The number of benzene rings is 2. The number of hydrogen-bond donors (Lipinski definition) is 0. The minimum absolute atomic E-state index is 0.141. The lowest BCUT2D eigenvalue weighted by molar-refractivity contribution is -0.137. The molecule has 3 aromatic rings. The normalized spacial score (nSPS) is 11.2. The van der Waals surface area contributed by atoms with E-state index in [1.807, 2.05) is 0 Å². The van der Waals surface area contributed by atoms with E-state index in [9.17, 15) is 26.7 Å². The van der Waals surface area contributed by atoms with Gasteiger partial charge in [0.1, 0.15) is 23.3 Å². The van der Waals surface area contributed by atoms with Crippen LogP contribution in [0.3, 0.4) is 0 Å². The Morgan fingerprint density at radius 1 is 1.00 bits per heavy atom. The fourth-order valence-corrected chi connectivity index (χ4v) is 4.31. The highest BCUT2D eigenvalue weighted by Gasteiger charge is 2.37. The minimum Gasteiger partial charge on any atom is -0.302 e. The topological polar surface area (TPSA) is 45.8 Å². The fraction of sp³-hybridized carbons (Fsp3) is 0.0769. The van der Waals surface area contributed by atoms with E-state index in [0.717, 1.165) is 28.0 Å². The monoisotopic (exact) mass is 496 g/mol. The van der Waals surface area contributed by atoms with Crippen LogP contribution in [0.25, 0.3) is 21.7 Å². The zero-order valence-corrected chi connectivity index (χ0v) is 18.5. The molecule has 0 saturated heterocycles. The van der Waals surface area contributed by atoms with Gasteiger partial charge in [-0.3, -0.25) is 4.79 Å². The third-order valence-electron chi connectivity index (χ3n) is 5.33. The van der Waals surface area contributed by atoms with Crippen molar-refractivity contribution in [3.8, 4) is 40.1 Å². The number of nitrogens with zero attached hydrogens (tertiary/aromatic N) is 2. The van der Waals surface area contributed by atoms with Gasteiger partial charge in [-0.15, -0.1) is 17.8 Å². The Labute approximate surface area is 200 Å². The maximum Gasteiger partial charge on any atom is 0.417 e. The molecule has 1 aromatic carbocycles. The molecule has 0 N–H and O–H groups in total. The molecule has 0 aliphatic heterocycles. The molecule has 0 unspecified atom stereocenters. The zero-order valence-electron chi connectivity index (χ0n) is 17.7. The van der Waals surface area contributed by atoms with Gasteiger partial charge in [-0.1, -0.05) is 36.3 Å². The summed E-state index contributed by atoms with van der Waals surface area (Å²) in [7, 11) is 0. The van der Waals surface area contributed by atoms with E-state index in [4.69, 9.17) is 11.7 Å². The molecule has 0 atom stereocenters. The number of rotatable bonds is 3. The van der Waals surface area contributed by atoms with Crippen LogP contribution in [-0.2, 0) is 12.7 Å². The van der Waals surface area contributed by atoms with Crippen molar-refractivity contribution in [1.29, 1.82) is 5.26 Å². The summed E-state index contributed by atoms with van der Waals surface area (Å²) in [6, 6.07) is 14.5. The van der Waals surface area contributed by atoms with E-state index in [2.05, 4.69) is 30.2 Å². The summed E-state index contributed by atoms with van der Waals surface area (Å²) in [5, 5.41) is 10.7. The summed E-state index contributed by atoms with van der Waals surface area (Å²) >= 11 is 0.994. The molecule has 0 bridgehead atoms. The van der Waals surface area contributed by atoms with Crippen molar-refractivity contribution in [1.82, 2.24) is 4.57 Å². The van der Waals surface area contributed by atoms with E-state index in [0.29, 0.717) is 12.1 Å². The molecule has 2 heterocycles. The lowest BCUT2D eigenvalue weighted by atomic mass is 9.95. The van der Waals surface area contributed by atoms with Gasteiger partial charge >= 0.3 is 6.18 Å². The predicted octanol–water partition coefficient (Wildman–Crippen LogP) is 6.44. The van der Waals surface area contributed by atoms with Crippen molar-refractivity contribution in [2.75, 3.05) is 0 Å². The Morgan fingerprint density at radius 3 is 2.14 bits per heavy atom. The van der Waals surface area contributed by atoms with Crippen LogP contribution in [0.15, 0.2) is 64.8 Å². The highest BCUT2D eigenvalue weighted by atomic mass is 32.1. The maximum absolute atomic E-state index is 14.1. The van der Waals surface area contributed by atoms with Crippen LogP contribution in [0.5, 0.6) is 0 Å². The average molecular weight is 496 g/mol. The number of pyridine rings is 1. The summed E-state index contributed by atoms with van der Waals surface area (Å²) in [6.07, 6.45) is 0.421. The van der Waals surface area contributed by atoms with Gasteiger partial charge in [0.2, 0.25) is 0 Å². The van der Waals surface area contributed by atoms with E-state index >= 15 is 0 Å². The Hall–Kier alpha value is -4.21. The Morgan fingerprint density at radius 2 is 1.66 bits per heavy atom. The van der Waals surface area contributed by atoms with Crippen molar-refractivity contribution >= 4 is 11.3 Å². The molecule has 5 rings (SSSR count). The van der Waals surface area contributed by atoms with Crippen molar-refractivity contribution in [3.05, 3.63) is 104 Å². The van der Waals surface area contributed by atoms with Crippen LogP contribution in [0.2, 0.25) is 0 Å². The quantitative estimate of drug-likeness (QED) is 0.213. The minimum atomic E-state index is -4.97. The number of halogens is 5. The SMILES string of the molecule is C#Cc1ccsc1-c1cc(C(F)(F)F)c(C#N)c(=O)n1Cc1ccc(F)cc1F.c1cc2ccc1-2. The second-order valence-electron chi connectivity index (χ2n) is 7.44. The first-order chi connectivity index (χ1) is 16.6. The van der Waals surface area contributed by atoms with Crippen molar-refractivity contribution in [2.24, 2.45) is 0 Å². The van der Waals surface area contributed by atoms with Gasteiger partial charge in [0, 0.05) is 17.2 Å². The summed E-state index contributed by atoms with van der Waals surface area (Å²) < 4.78 is 68.5. The van der Waals surface area contributed by atoms with E-state index in [1.54, 1.807) is 0 Å². The summed E-state index contributed by atoms with van der Waals surface area (Å²) in [5.41, 5.74) is -1.05. The molecule has 174 valence electrons. The van der Waals surface area contributed by atoms with Gasteiger partial charge in [-0.25, -0.2) is 8.78 Å². The van der Waals surface area contributed by atoms with Crippen LogP contribution in [0.4, 0.5) is 22.0 Å². The number of terminal acetylenes is 1. The molecule has 35 heavy (non-hydrogen) atoms. The highest BCUT2D eigenvalue weighted by Crippen LogP contribution is 2.36. The standard InChI is InChI=1S/C20H9F5N2OS.C6H4/c1-2-11-5-6-29-18(11)17-8-15(20(23,24)25)14(9-26)19(28)27(17)10-12-3-4-13(21)7-16(12)22;1-2-6-4-3-5(1)6/h1,3-8H,10H2;1-4H. The molecule has 0 spiro atoms. The lowest BCUT2D eigenvalue weighted by Gasteiger charge is -2.17. The zero-order chi connectivity index (χ0) is 25.3. The van der Waals surface area contributed by atoms with Crippen molar-refractivity contribution in [2.45, 2.75) is 12.7 Å². The Bertz CT molecular complexity index is 1550. The van der Waals surface area contributed by atoms with Crippen LogP contribution in [0, 0.1) is 35.3 Å². The molecule has 0 fully saturated rings. The number of hydrogen-bond acceptors (Lipinski definition) is 3. The largest absolute Gasteiger partial charge is 0.417 e. The smallest absolute Gasteiger partial charge is 0.302 e. The number of thiophene rings is 1. The Balaban J connectivity index is 0.000000411. The van der Waals surface area contributed by atoms with Crippen LogP contribution in [-0.4, -0.2) is 4.57 Å². The van der Waals surface area contributed by atoms with Crippen LogP contribution in [0.1, 0.15) is 22.3 Å². The molecular formula is C26H13F5N2OS. The van der Waals surface area contributed by atoms with Gasteiger partial charge in [0.15, 0.2) is 0 Å². The molecular weight excluding hydrogens is 483 g/mol. The van der Waals surface area contributed by atoms with Gasteiger partial charge in [0.05, 0.1) is 22.7 Å². The van der Waals surface area contributed by atoms with E-state index in [1.165, 1.54) is 28.6 Å². The van der Waals surface area contributed by atoms with Gasteiger partial charge in [0.25, 0.3) is 5.56 Å².